The summed E-state index contributed by atoms with van der Waals surface area (Å²) in [6.07, 6.45) is 1.82. The van der Waals surface area contributed by atoms with Crippen LogP contribution in [0.2, 0.25) is 0 Å². The molecule has 2 aromatic rings. The van der Waals surface area contributed by atoms with Gasteiger partial charge in [0.25, 0.3) is 0 Å². The first-order valence-electron chi connectivity index (χ1n) is 5.57. The van der Waals surface area contributed by atoms with Crippen LogP contribution < -0.4 is 11.1 Å². The zero-order valence-electron chi connectivity index (χ0n) is 9.96. The SMILES string of the molecule is CC(CNc1cccc(C(N)=S)n1)c1nccs1. The maximum Gasteiger partial charge on any atom is 0.126 e. The highest BCUT2D eigenvalue weighted by atomic mass is 32.1. The average molecular weight is 278 g/mol. The van der Waals surface area contributed by atoms with E-state index in [0.29, 0.717) is 16.6 Å². The van der Waals surface area contributed by atoms with Crippen LogP contribution in [0.25, 0.3) is 0 Å². The van der Waals surface area contributed by atoms with Gasteiger partial charge in [-0.05, 0) is 12.1 Å². The van der Waals surface area contributed by atoms with Crippen molar-refractivity contribution in [2.45, 2.75) is 12.8 Å². The van der Waals surface area contributed by atoms with E-state index in [0.717, 1.165) is 17.4 Å². The van der Waals surface area contributed by atoms with Crippen molar-refractivity contribution in [3.63, 3.8) is 0 Å². The van der Waals surface area contributed by atoms with Crippen molar-refractivity contribution in [2.75, 3.05) is 11.9 Å². The molecule has 1 unspecified atom stereocenters. The Hall–Kier alpha value is -1.53. The molecule has 0 fully saturated rings. The summed E-state index contributed by atoms with van der Waals surface area (Å²) in [5.74, 6) is 1.13. The van der Waals surface area contributed by atoms with Crippen LogP contribution in [0.1, 0.15) is 23.5 Å². The number of hydrogen-bond acceptors (Lipinski definition) is 5. The lowest BCUT2D eigenvalue weighted by Gasteiger charge is -2.11. The maximum atomic E-state index is 5.55. The quantitative estimate of drug-likeness (QED) is 0.822. The van der Waals surface area contributed by atoms with Gasteiger partial charge in [0.15, 0.2) is 0 Å². The summed E-state index contributed by atoms with van der Waals surface area (Å²) in [5, 5.41) is 6.37. The topological polar surface area (TPSA) is 63.8 Å². The smallest absolute Gasteiger partial charge is 0.126 e. The Kier molecular flexibility index (Phi) is 4.22. The van der Waals surface area contributed by atoms with E-state index in [1.807, 2.05) is 23.7 Å². The Morgan fingerprint density at radius 3 is 3.06 bits per heavy atom. The minimum Gasteiger partial charge on any atom is -0.388 e. The number of pyridine rings is 1. The fraction of sp³-hybridized carbons (Fsp3) is 0.250. The minimum atomic E-state index is 0.312. The van der Waals surface area contributed by atoms with Gasteiger partial charge < -0.3 is 11.1 Å². The maximum absolute atomic E-state index is 5.55. The van der Waals surface area contributed by atoms with Gasteiger partial charge >= 0.3 is 0 Å². The predicted octanol–water partition coefficient (Wildman–Crippen LogP) is 2.39. The van der Waals surface area contributed by atoms with Crippen LogP contribution in [0.4, 0.5) is 5.82 Å². The molecule has 2 aromatic heterocycles. The molecule has 0 radical (unpaired) electrons. The van der Waals surface area contributed by atoms with Crippen LogP contribution in [0.5, 0.6) is 0 Å². The molecule has 94 valence electrons. The Balaban J connectivity index is 1.98. The van der Waals surface area contributed by atoms with Crippen LogP contribution in [0.15, 0.2) is 29.8 Å². The molecule has 3 N–H and O–H groups in total. The Morgan fingerprint density at radius 2 is 2.39 bits per heavy atom. The van der Waals surface area contributed by atoms with Crippen LogP contribution in [0, 0.1) is 0 Å². The van der Waals surface area contributed by atoms with E-state index in [1.54, 1.807) is 17.4 Å². The average Bonchev–Trinajstić information content (AvgIpc) is 2.90. The Morgan fingerprint density at radius 1 is 1.56 bits per heavy atom. The molecular weight excluding hydrogens is 264 g/mol. The molecule has 2 heterocycles. The van der Waals surface area contributed by atoms with Crippen LogP contribution >= 0.6 is 23.6 Å². The zero-order chi connectivity index (χ0) is 13.0. The molecule has 4 nitrogen and oxygen atoms in total. The number of nitrogens with one attached hydrogen (secondary N) is 1. The highest BCUT2D eigenvalue weighted by molar-refractivity contribution is 7.80. The number of rotatable bonds is 5. The Labute approximate surface area is 115 Å². The van der Waals surface area contributed by atoms with Crippen LogP contribution in [0.3, 0.4) is 0 Å². The summed E-state index contributed by atoms with van der Waals surface area (Å²) >= 11 is 6.56. The fourth-order valence-corrected chi connectivity index (χ4v) is 2.31. The third kappa shape index (κ3) is 3.24. The summed E-state index contributed by atoms with van der Waals surface area (Å²) < 4.78 is 0. The molecule has 1 atom stereocenters. The first-order valence-corrected chi connectivity index (χ1v) is 6.85. The lowest BCUT2D eigenvalue weighted by molar-refractivity contribution is 0.792. The zero-order valence-corrected chi connectivity index (χ0v) is 11.6. The molecule has 6 heteroatoms. The molecule has 0 aliphatic rings. The van der Waals surface area contributed by atoms with Gasteiger partial charge in [0.05, 0.1) is 10.7 Å². The van der Waals surface area contributed by atoms with Crippen molar-refractivity contribution < 1.29 is 0 Å². The summed E-state index contributed by atoms with van der Waals surface area (Å²) in [4.78, 5) is 8.93. The van der Waals surface area contributed by atoms with Crippen LogP contribution in [-0.2, 0) is 0 Å². The summed E-state index contributed by atoms with van der Waals surface area (Å²) in [6.45, 7) is 2.91. The van der Waals surface area contributed by atoms with Gasteiger partial charge in [0.2, 0.25) is 0 Å². The third-order valence-electron chi connectivity index (χ3n) is 2.46. The molecule has 0 amide bonds. The number of aromatic nitrogens is 2. The lowest BCUT2D eigenvalue weighted by atomic mass is 10.2. The highest BCUT2D eigenvalue weighted by Gasteiger charge is 2.08. The second-order valence-electron chi connectivity index (χ2n) is 3.92. The molecular formula is C12H14N4S2. The monoisotopic (exact) mass is 278 g/mol. The molecule has 0 spiro atoms. The van der Waals surface area contributed by atoms with E-state index < -0.39 is 0 Å². The van der Waals surface area contributed by atoms with Gasteiger partial charge in [0, 0.05) is 24.0 Å². The van der Waals surface area contributed by atoms with Crippen molar-refractivity contribution in [1.29, 1.82) is 0 Å². The van der Waals surface area contributed by atoms with E-state index in [1.165, 1.54) is 0 Å². The molecule has 0 aromatic carbocycles. The minimum absolute atomic E-state index is 0.312. The van der Waals surface area contributed by atoms with E-state index in [9.17, 15) is 0 Å². The van der Waals surface area contributed by atoms with Gasteiger partial charge in [-0.15, -0.1) is 11.3 Å². The van der Waals surface area contributed by atoms with Crippen molar-refractivity contribution >= 4 is 34.4 Å². The number of thiocarbonyl (C=S) groups is 1. The first-order chi connectivity index (χ1) is 8.66. The predicted molar refractivity (Wildman–Crippen MR) is 79.1 cm³/mol. The summed E-state index contributed by atoms with van der Waals surface area (Å²) in [6, 6.07) is 5.59. The molecule has 0 saturated heterocycles. The normalized spacial score (nSPS) is 12.1. The second kappa shape index (κ2) is 5.88. The van der Waals surface area contributed by atoms with E-state index >= 15 is 0 Å². The van der Waals surface area contributed by atoms with Crippen molar-refractivity contribution in [3.8, 4) is 0 Å². The number of nitrogens with zero attached hydrogens (tertiary/aromatic N) is 2. The standard InChI is InChI=1S/C12H14N4S2/c1-8(12-14-5-6-18-12)7-15-10-4-2-3-9(16-10)11(13)17/h2-6,8H,7H2,1H3,(H2,13,17)(H,15,16). The third-order valence-corrected chi connectivity index (χ3v) is 3.68. The molecule has 0 bridgehead atoms. The van der Waals surface area contributed by atoms with Crippen molar-refractivity contribution in [1.82, 2.24) is 9.97 Å². The lowest BCUT2D eigenvalue weighted by Crippen LogP contribution is -2.14. The number of nitrogens with two attached hydrogens (primary N) is 1. The Bertz CT molecular complexity index is 525. The van der Waals surface area contributed by atoms with Gasteiger partial charge in [0.1, 0.15) is 10.8 Å². The second-order valence-corrected chi connectivity index (χ2v) is 5.29. The van der Waals surface area contributed by atoms with Gasteiger partial charge in [-0.3, -0.25) is 0 Å². The van der Waals surface area contributed by atoms with E-state index in [4.69, 9.17) is 18.0 Å². The van der Waals surface area contributed by atoms with Gasteiger partial charge in [-0.2, -0.15) is 0 Å². The largest absolute Gasteiger partial charge is 0.388 e. The molecule has 18 heavy (non-hydrogen) atoms. The number of anilines is 1. The summed E-state index contributed by atoms with van der Waals surface area (Å²) in [7, 11) is 0. The van der Waals surface area contributed by atoms with Crippen molar-refractivity contribution in [2.24, 2.45) is 5.73 Å². The highest BCUT2D eigenvalue weighted by Crippen LogP contribution is 2.18. The number of hydrogen-bond donors (Lipinski definition) is 2. The van der Waals surface area contributed by atoms with Crippen LogP contribution in [-0.4, -0.2) is 21.5 Å². The fourth-order valence-electron chi connectivity index (χ4n) is 1.49. The molecule has 0 saturated carbocycles. The van der Waals surface area contributed by atoms with Gasteiger partial charge in [-0.25, -0.2) is 9.97 Å². The summed E-state index contributed by atoms with van der Waals surface area (Å²) in [5.41, 5.74) is 6.18. The molecule has 2 rings (SSSR count). The van der Waals surface area contributed by atoms with Crippen molar-refractivity contribution in [3.05, 3.63) is 40.5 Å². The van der Waals surface area contributed by atoms with E-state index in [2.05, 4.69) is 22.2 Å². The van der Waals surface area contributed by atoms with E-state index in [-0.39, 0.29) is 0 Å². The molecule has 0 aliphatic carbocycles. The van der Waals surface area contributed by atoms with Gasteiger partial charge in [-0.1, -0.05) is 25.2 Å². The first kappa shape index (κ1) is 12.9. The number of thiazole rings is 1. The molecule has 0 aliphatic heterocycles.